The predicted octanol–water partition coefficient (Wildman–Crippen LogP) is 1.33. The van der Waals surface area contributed by atoms with Crippen LogP contribution in [-0.2, 0) is 0 Å². The summed E-state index contributed by atoms with van der Waals surface area (Å²) in [6.45, 7) is 5.58. The van der Waals surface area contributed by atoms with Gasteiger partial charge in [0.1, 0.15) is 0 Å². The highest BCUT2D eigenvalue weighted by atomic mass is 16.3. The van der Waals surface area contributed by atoms with E-state index in [9.17, 15) is 10.2 Å². The van der Waals surface area contributed by atoms with Crippen molar-refractivity contribution >= 4 is 0 Å². The van der Waals surface area contributed by atoms with Crippen molar-refractivity contribution in [1.29, 1.82) is 0 Å². The Morgan fingerprint density at radius 3 is 2.62 bits per heavy atom. The van der Waals surface area contributed by atoms with Gasteiger partial charge in [-0.25, -0.2) is 0 Å². The summed E-state index contributed by atoms with van der Waals surface area (Å²) in [5.41, 5.74) is 0.786. The van der Waals surface area contributed by atoms with Crippen LogP contribution in [0.3, 0.4) is 0 Å². The molecule has 0 aromatic carbocycles. The van der Waals surface area contributed by atoms with Crippen LogP contribution in [0, 0.1) is 17.8 Å². The van der Waals surface area contributed by atoms with Crippen molar-refractivity contribution in [3.8, 4) is 0 Å². The second-order valence-corrected chi connectivity index (χ2v) is 4.62. The van der Waals surface area contributed by atoms with Crippen LogP contribution in [0.4, 0.5) is 0 Å². The number of aliphatic hydroxyl groups excluding tert-OH is 2. The number of hydrogen-bond donors (Lipinski definition) is 2. The van der Waals surface area contributed by atoms with Gasteiger partial charge in [0.25, 0.3) is 0 Å². The highest BCUT2D eigenvalue weighted by Crippen LogP contribution is 2.53. The van der Waals surface area contributed by atoms with Crippen LogP contribution >= 0.6 is 0 Å². The zero-order valence-corrected chi connectivity index (χ0v) is 8.11. The Balaban J connectivity index is 2.05. The fourth-order valence-electron chi connectivity index (χ4n) is 3.06. The molecular weight excluding hydrogens is 164 g/mol. The Bertz CT molecular complexity index is 224. The molecule has 0 aliphatic heterocycles. The summed E-state index contributed by atoms with van der Waals surface area (Å²) in [5, 5.41) is 19.6. The van der Waals surface area contributed by atoms with Gasteiger partial charge in [-0.15, -0.1) is 0 Å². The van der Waals surface area contributed by atoms with E-state index in [-0.39, 0.29) is 12.0 Å². The summed E-state index contributed by atoms with van der Waals surface area (Å²) < 4.78 is 0. The van der Waals surface area contributed by atoms with Crippen LogP contribution in [0.2, 0.25) is 0 Å². The minimum absolute atomic E-state index is 0.0741. The van der Waals surface area contributed by atoms with Gasteiger partial charge in [0.05, 0.1) is 12.2 Å². The Kier molecular flexibility index (Phi) is 2.20. The molecule has 2 aliphatic carbocycles. The van der Waals surface area contributed by atoms with Crippen LogP contribution in [0.5, 0.6) is 0 Å². The molecule has 2 N–H and O–H groups in total. The molecule has 2 fully saturated rings. The van der Waals surface area contributed by atoms with Crippen molar-refractivity contribution in [1.82, 2.24) is 0 Å². The average Bonchev–Trinajstić information content (AvgIpc) is 2.48. The summed E-state index contributed by atoms with van der Waals surface area (Å²) >= 11 is 0. The zero-order chi connectivity index (χ0) is 9.59. The molecule has 0 aromatic rings. The minimum Gasteiger partial charge on any atom is -0.392 e. The van der Waals surface area contributed by atoms with Gasteiger partial charge in [-0.3, -0.25) is 0 Å². The summed E-state index contributed by atoms with van der Waals surface area (Å²) in [5.74, 6) is 1.10. The van der Waals surface area contributed by atoms with E-state index < -0.39 is 6.10 Å². The quantitative estimate of drug-likeness (QED) is 0.632. The summed E-state index contributed by atoms with van der Waals surface area (Å²) in [4.78, 5) is 0. The maximum Gasteiger partial charge on any atom is 0.0800 e. The Hall–Kier alpha value is -0.340. The fraction of sp³-hybridized carbons (Fsp3) is 0.818. The lowest BCUT2D eigenvalue weighted by Gasteiger charge is -2.48. The Morgan fingerprint density at radius 2 is 2.00 bits per heavy atom. The Labute approximate surface area is 79.3 Å². The van der Waals surface area contributed by atoms with E-state index in [1.54, 1.807) is 0 Å². The molecule has 0 spiro atoms. The van der Waals surface area contributed by atoms with Crippen LogP contribution in [-0.4, -0.2) is 22.4 Å². The standard InChI is InChI=1S/C11H18O2/c1-6(2)10(12)9-7-4-3-5-8(7)11(9)13/h7-13H,1,3-5H2,2H3/t7-,8+,9-,10+,11-/m0/s1. The molecule has 0 bridgehead atoms. The third kappa shape index (κ3) is 1.24. The topological polar surface area (TPSA) is 40.5 Å². The van der Waals surface area contributed by atoms with E-state index in [0.717, 1.165) is 12.0 Å². The van der Waals surface area contributed by atoms with E-state index in [0.29, 0.717) is 11.8 Å². The molecule has 2 aliphatic rings. The first-order valence-corrected chi connectivity index (χ1v) is 5.14. The maximum atomic E-state index is 9.80. The highest BCUT2D eigenvalue weighted by Gasteiger charge is 2.54. The molecule has 2 heteroatoms. The summed E-state index contributed by atoms with van der Waals surface area (Å²) in [6, 6.07) is 0. The second-order valence-electron chi connectivity index (χ2n) is 4.62. The van der Waals surface area contributed by atoms with E-state index in [2.05, 4.69) is 6.58 Å². The number of rotatable bonds is 2. The molecule has 0 saturated heterocycles. The third-order valence-corrected chi connectivity index (χ3v) is 3.82. The lowest BCUT2D eigenvalue weighted by Crippen LogP contribution is -2.54. The molecule has 0 heterocycles. The van der Waals surface area contributed by atoms with Crippen molar-refractivity contribution in [2.75, 3.05) is 0 Å². The minimum atomic E-state index is -0.491. The maximum absolute atomic E-state index is 9.80. The van der Waals surface area contributed by atoms with Gasteiger partial charge in [-0.05, 0) is 31.6 Å². The second kappa shape index (κ2) is 3.10. The van der Waals surface area contributed by atoms with Crippen molar-refractivity contribution in [3.63, 3.8) is 0 Å². The molecule has 0 amide bonds. The monoisotopic (exact) mass is 182 g/mol. The normalized spacial score (nSPS) is 45.2. The van der Waals surface area contributed by atoms with Crippen molar-refractivity contribution in [2.45, 2.75) is 38.4 Å². The molecule has 2 saturated carbocycles. The SMILES string of the molecule is C=C(C)[C@@H](O)[C@H]1[C@@H](O)[C@@H]2CCC[C@@H]21. The number of aliphatic hydroxyl groups is 2. The first-order valence-electron chi connectivity index (χ1n) is 5.14. The van der Waals surface area contributed by atoms with Crippen LogP contribution in [0.15, 0.2) is 12.2 Å². The molecular formula is C11H18O2. The molecule has 2 nitrogen and oxygen atoms in total. The van der Waals surface area contributed by atoms with Crippen molar-refractivity contribution < 1.29 is 10.2 Å². The van der Waals surface area contributed by atoms with Gasteiger partial charge >= 0.3 is 0 Å². The lowest BCUT2D eigenvalue weighted by atomic mass is 9.61. The van der Waals surface area contributed by atoms with Gasteiger partial charge in [0.15, 0.2) is 0 Å². The van der Waals surface area contributed by atoms with E-state index in [1.165, 1.54) is 12.8 Å². The molecule has 0 unspecified atom stereocenters. The lowest BCUT2D eigenvalue weighted by molar-refractivity contribution is -0.126. The molecule has 5 atom stereocenters. The summed E-state index contributed by atoms with van der Waals surface area (Å²) in [6.07, 6.45) is 2.77. The third-order valence-electron chi connectivity index (χ3n) is 3.82. The fourth-order valence-corrected chi connectivity index (χ4v) is 3.06. The van der Waals surface area contributed by atoms with Gasteiger partial charge in [-0.1, -0.05) is 18.6 Å². The van der Waals surface area contributed by atoms with Crippen molar-refractivity contribution in [2.24, 2.45) is 17.8 Å². The highest BCUT2D eigenvalue weighted by molar-refractivity contribution is 5.11. The van der Waals surface area contributed by atoms with Crippen LogP contribution < -0.4 is 0 Å². The molecule has 0 radical (unpaired) electrons. The van der Waals surface area contributed by atoms with Gasteiger partial charge in [0.2, 0.25) is 0 Å². The number of fused-ring (bicyclic) bond motifs is 1. The molecule has 2 rings (SSSR count). The number of hydrogen-bond acceptors (Lipinski definition) is 2. The van der Waals surface area contributed by atoms with Crippen LogP contribution in [0.1, 0.15) is 26.2 Å². The Morgan fingerprint density at radius 1 is 1.38 bits per heavy atom. The molecule has 74 valence electrons. The average molecular weight is 182 g/mol. The first kappa shape index (κ1) is 9.22. The van der Waals surface area contributed by atoms with Gasteiger partial charge in [0, 0.05) is 5.92 Å². The molecule has 0 aromatic heterocycles. The van der Waals surface area contributed by atoms with E-state index in [1.807, 2.05) is 6.92 Å². The van der Waals surface area contributed by atoms with E-state index in [4.69, 9.17) is 0 Å². The van der Waals surface area contributed by atoms with Gasteiger partial charge in [-0.2, -0.15) is 0 Å². The van der Waals surface area contributed by atoms with E-state index >= 15 is 0 Å². The largest absolute Gasteiger partial charge is 0.392 e. The summed E-state index contributed by atoms with van der Waals surface area (Å²) in [7, 11) is 0. The smallest absolute Gasteiger partial charge is 0.0800 e. The van der Waals surface area contributed by atoms with Gasteiger partial charge < -0.3 is 10.2 Å². The molecule has 13 heavy (non-hydrogen) atoms. The van der Waals surface area contributed by atoms with Crippen molar-refractivity contribution in [3.05, 3.63) is 12.2 Å². The zero-order valence-electron chi connectivity index (χ0n) is 8.11. The van der Waals surface area contributed by atoms with Crippen LogP contribution in [0.25, 0.3) is 0 Å². The predicted molar refractivity (Wildman–Crippen MR) is 51.1 cm³/mol. The first-order chi connectivity index (χ1) is 6.13.